The lowest BCUT2D eigenvalue weighted by Crippen LogP contribution is -2.12. The summed E-state index contributed by atoms with van der Waals surface area (Å²) in [5.41, 5.74) is 0.833. The van der Waals surface area contributed by atoms with Gasteiger partial charge < -0.3 is 0 Å². The van der Waals surface area contributed by atoms with Crippen LogP contribution in [-0.4, -0.2) is 13.4 Å². The number of nitrogens with zero attached hydrogens (tertiary/aromatic N) is 1. The van der Waals surface area contributed by atoms with Crippen molar-refractivity contribution < 1.29 is 8.42 Å². The second-order valence-corrected chi connectivity index (χ2v) is 6.34. The lowest BCUT2D eigenvalue weighted by molar-refractivity contribution is 0.601. The fourth-order valence-electron chi connectivity index (χ4n) is 1.19. The van der Waals surface area contributed by atoms with E-state index < -0.39 is 10.0 Å². The van der Waals surface area contributed by atoms with Crippen LogP contribution in [0.2, 0.25) is 5.02 Å². The van der Waals surface area contributed by atoms with Gasteiger partial charge in [0, 0.05) is 16.6 Å². The molecule has 0 amide bonds. The van der Waals surface area contributed by atoms with Crippen molar-refractivity contribution in [1.82, 2.24) is 4.98 Å². The predicted molar refractivity (Wildman–Crippen MR) is 69.1 cm³/mol. The molecule has 1 heterocycles. The van der Waals surface area contributed by atoms with Gasteiger partial charge >= 0.3 is 0 Å². The molecule has 0 unspecified atom stereocenters. The summed E-state index contributed by atoms with van der Waals surface area (Å²) in [6, 6.07) is 4.60. The highest BCUT2D eigenvalue weighted by Gasteiger charge is 2.16. The first kappa shape index (κ1) is 12.3. The molecule has 1 aromatic heterocycles. The molecule has 1 N–H and O–H groups in total. The molecule has 0 fully saturated rings. The van der Waals surface area contributed by atoms with Crippen LogP contribution in [0.25, 0.3) is 0 Å². The number of hydrogen-bond donors (Lipinski definition) is 1. The molecular weight excluding hydrogens is 280 g/mol. The van der Waals surface area contributed by atoms with Gasteiger partial charge in [0.15, 0.2) is 5.13 Å². The molecule has 0 aliphatic rings. The summed E-state index contributed by atoms with van der Waals surface area (Å²) in [6.45, 7) is 1.81. The minimum absolute atomic E-state index is 0.128. The van der Waals surface area contributed by atoms with Gasteiger partial charge in [0.25, 0.3) is 10.0 Å². The average Bonchev–Trinajstić information content (AvgIpc) is 2.73. The molecule has 17 heavy (non-hydrogen) atoms. The second kappa shape index (κ2) is 4.64. The van der Waals surface area contributed by atoms with Crippen LogP contribution in [0, 0.1) is 6.92 Å². The molecule has 0 spiro atoms. The maximum Gasteiger partial charge on any atom is 0.263 e. The number of rotatable bonds is 3. The summed E-state index contributed by atoms with van der Waals surface area (Å²) in [5, 5.41) is 2.45. The van der Waals surface area contributed by atoms with Crippen LogP contribution >= 0.6 is 22.9 Å². The number of aromatic nitrogens is 1. The summed E-state index contributed by atoms with van der Waals surface area (Å²) in [6.07, 6.45) is 1.53. The third kappa shape index (κ3) is 2.77. The summed E-state index contributed by atoms with van der Waals surface area (Å²) in [4.78, 5) is 3.99. The molecule has 1 aromatic carbocycles. The Bertz CT molecular complexity index is 624. The number of thiazole rings is 1. The van der Waals surface area contributed by atoms with Gasteiger partial charge in [-0.05, 0) is 24.6 Å². The molecule has 2 aromatic rings. The minimum Gasteiger partial charge on any atom is -0.255 e. The molecular formula is C10H9ClN2O2S2. The van der Waals surface area contributed by atoms with Crippen LogP contribution in [0.5, 0.6) is 0 Å². The Balaban J connectivity index is 2.35. The van der Waals surface area contributed by atoms with E-state index in [4.69, 9.17) is 11.6 Å². The Morgan fingerprint density at radius 3 is 2.76 bits per heavy atom. The van der Waals surface area contributed by atoms with Gasteiger partial charge in [0.05, 0.1) is 4.90 Å². The zero-order valence-electron chi connectivity index (χ0n) is 8.84. The third-order valence-corrected chi connectivity index (χ3v) is 4.67. The van der Waals surface area contributed by atoms with Crippen molar-refractivity contribution in [1.29, 1.82) is 0 Å². The highest BCUT2D eigenvalue weighted by molar-refractivity contribution is 7.93. The van der Waals surface area contributed by atoms with E-state index in [9.17, 15) is 8.42 Å². The largest absolute Gasteiger partial charge is 0.263 e. The lowest BCUT2D eigenvalue weighted by Gasteiger charge is -2.06. The topological polar surface area (TPSA) is 59.1 Å². The highest BCUT2D eigenvalue weighted by atomic mass is 35.5. The van der Waals surface area contributed by atoms with Gasteiger partial charge in [0.2, 0.25) is 0 Å². The minimum atomic E-state index is -3.61. The second-order valence-electron chi connectivity index (χ2n) is 3.35. The van der Waals surface area contributed by atoms with Crippen LogP contribution in [0.15, 0.2) is 34.7 Å². The highest BCUT2D eigenvalue weighted by Crippen LogP contribution is 2.22. The maximum absolute atomic E-state index is 12.0. The number of aryl methyl sites for hydroxylation is 1. The molecule has 0 aliphatic heterocycles. The molecule has 0 aliphatic carbocycles. The summed E-state index contributed by atoms with van der Waals surface area (Å²) >= 11 is 7.11. The fourth-order valence-corrected chi connectivity index (χ4v) is 3.25. The number of benzene rings is 1. The van der Waals surface area contributed by atoms with Crippen LogP contribution in [0.1, 0.15) is 5.56 Å². The molecule has 4 nitrogen and oxygen atoms in total. The van der Waals surface area contributed by atoms with E-state index in [2.05, 4.69) is 9.71 Å². The van der Waals surface area contributed by atoms with E-state index in [0.29, 0.717) is 10.2 Å². The molecule has 0 saturated carbocycles. The predicted octanol–water partition coefficient (Wildman–Crippen LogP) is 2.91. The molecule has 0 saturated heterocycles. The first-order chi connectivity index (χ1) is 7.99. The van der Waals surface area contributed by atoms with Crippen molar-refractivity contribution in [3.63, 3.8) is 0 Å². The van der Waals surface area contributed by atoms with Crippen molar-refractivity contribution in [2.45, 2.75) is 11.8 Å². The van der Waals surface area contributed by atoms with Gasteiger partial charge in [-0.1, -0.05) is 17.7 Å². The number of anilines is 1. The van der Waals surface area contributed by atoms with Crippen molar-refractivity contribution in [3.05, 3.63) is 40.4 Å². The number of sulfonamides is 1. The van der Waals surface area contributed by atoms with E-state index in [0.717, 1.165) is 5.56 Å². The fraction of sp³-hybridized carbons (Fsp3) is 0.100. The van der Waals surface area contributed by atoms with Crippen molar-refractivity contribution in [2.24, 2.45) is 0 Å². The van der Waals surface area contributed by atoms with Crippen LogP contribution in [-0.2, 0) is 10.0 Å². The smallest absolute Gasteiger partial charge is 0.255 e. The van der Waals surface area contributed by atoms with E-state index in [1.54, 1.807) is 11.4 Å². The first-order valence-corrected chi connectivity index (χ1v) is 7.41. The Hall–Kier alpha value is -1.11. The zero-order valence-corrected chi connectivity index (χ0v) is 11.2. The Morgan fingerprint density at radius 2 is 2.18 bits per heavy atom. The summed E-state index contributed by atoms with van der Waals surface area (Å²) in [7, 11) is -3.61. The van der Waals surface area contributed by atoms with Gasteiger partial charge in [0.1, 0.15) is 0 Å². The Kier molecular flexibility index (Phi) is 3.37. The SMILES string of the molecule is Cc1ccc(S(=O)(=O)Nc2nccs2)cc1Cl. The van der Waals surface area contributed by atoms with Gasteiger partial charge in [-0.25, -0.2) is 13.4 Å². The Morgan fingerprint density at radius 1 is 1.41 bits per heavy atom. The average molecular weight is 289 g/mol. The number of halogens is 1. The van der Waals surface area contributed by atoms with E-state index >= 15 is 0 Å². The van der Waals surface area contributed by atoms with Gasteiger partial charge in [-0.3, -0.25) is 4.72 Å². The van der Waals surface area contributed by atoms with Crippen molar-refractivity contribution >= 4 is 38.1 Å². The van der Waals surface area contributed by atoms with E-state index in [1.807, 2.05) is 6.92 Å². The summed E-state index contributed by atoms with van der Waals surface area (Å²) < 4.78 is 26.3. The quantitative estimate of drug-likeness (QED) is 0.945. The number of hydrogen-bond acceptors (Lipinski definition) is 4. The first-order valence-electron chi connectivity index (χ1n) is 4.67. The van der Waals surface area contributed by atoms with E-state index in [-0.39, 0.29) is 4.90 Å². The number of nitrogens with one attached hydrogen (secondary N) is 1. The molecule has 90 valence electrons. The Labute approximate surface area is 108 Å². The van der Waals surface area contributed by atoms with Gasteiger partial charge in [-0.15, -0.1) is 11.3 Å². The normalized spacial score (nSPS) is 11.4. The monoisotopic (exact) mass is 288 g/mol. The van der Waals surface area contributed by atoms with Crippen molar-refractivity contribution in [2.75, 3.05) is 4.72 Å². The lowest BCUT2D eigenvalue weighted by atomic mass is 10.2. The van der Waals surface area contributed by atoms with Crippen LogP contribution < -0.4 is 4.72 Å². The molecule has 0 radical (unpaired) electrons. The molecule has 7 heteroatoms. The van der Waals surface area contributed by atoms with Crippen LogP contribution in [0.4, 0.5) is 5.13 Å². The van der Waals surface area contributed by atoms with Gasteiger partial charge in [-0.2, -0.15) is 0 Å². The van der Waals surface area contributed by atoms with Crippen molar-refractivity contribution in [3.8, 4) is 0 Å². The van der Waals surface area contributed by atoms with Crippen LogP contribution in [0.3, 0.4) is 0 Å². The third-order valence-electron chi connectivity index (χ3n) is 2.11. The molecule has 0 atom stereocenters. The standard InChI is InChI=1S/C10H9ClN2O2S2/c1-7-2-3-8(6-9(7)11)17(14,15)13-10-12-4-5-16-10/h2-6H,1H3,(H,12,13). The summed E-state index contributed by atoms with van der Waals surface area (Å²) in [5.74, 6) is 0. The maximum atomic E-state index is 12.0. The molecule has 0 bridgehead atoms. The van der Waals surface area contributed by atoms with E-state index in [1.165, 1.54) is 29.7 Å². The zero-order chi connectivity index (χ0) is 12.5. The molecule has 2 rings (SSSR count).